The average molecular weight is 250 g/mol. The average Bonchev–Trinajstić information content (AvgIpc) is 2.82. The molecule has 1 unspecified atom stereocenters. The summed E-state index contributed by atoms with van der Waals surface area (Å²) in [6.45, 7) is 2.29. The van der Waals surface area contributed by atoms with Crippen molar-refractivity contribution >= 4 is 26.7 Å². The highest BCUT2D eigenvalue weighted by atomic mass is 32.1. The van der Waals surface area contributed by atoms with Gasteiger partial charge in [-0.25, -0.2) is 4.98 Å². The lowest BCUT2D eigenvalue weighted by molar-refractivity contribution is 0.00357. The van der Waals surface area contributed by atoms with Gasteiger partial charge in [-0.3, -0.25) is 0 Å². The quantitative estimate of drug-likeness (QED) is 0.877. The van der Waals surface area contributed by atoms with Crippen LogP contribution in [0.1, 0.15) is 0 Å². The van der Waals surface area contributed by atoms with Crippen molar-refractivity contribution in [1.29, 1.82) is 0 Å². The van der Waals surface area contributed by atoms with E-state index in [9.17, 15) is 0 Å². The van der Waals surface area contributed by atoms with Crippen LogP contribution in [0.4, 0.5) is 5.13 Å². The Bertz CT molecular complexity index is 481. The fourth-order valence-electron chi connectivity index (χ4n) is 2.00. The minimum absolute atomic E-state index is 0.0708. The van der Waals surface area contributed by atoms with Gasteiger partial charge in [-0.2, -0.15) is 0 Å². The van der Waals surface area contributed by atoms with Gasteiger partial charge in [0.05, 0.1) is 29.5 Å². The van der Waals surface area contributed by atoms with Crippen molar-refractivity contribution in [2.75, 3.05) is 31.2 Å². The predicted molar refractivity (Wildman–Crippen MR) is 68.7 cm³/mol. The second-order valence-corrected chi connectivity index (χ2v) is 5.09. The van der Waals surface area contributed by atoms with Crippen LogP contribution in [0.2, 0.25) is 0 Å². The van der Waals surface area contributed by atoms with E-state index < -0.39 is 0 Å². The largest absolute Gasteiger partial charge is 0.394 e. The number of benzene rings is 1. The monoisotopic (exact) mass is 250 g/mol. The van der Waals surface area contributed by atoms with Crippen LogP contribution in [0, 0.1) is 0 Å². The van der Waals surface area contributed by atoms with E-state index in [1.165, 1.54) is 4.70 Å². The highest BCUT2D eigenvalue weighted by Crippen LogP contribution is 2.29. The highest BCUT2D eigenvalue weighted by Gasteiger charge is 2.22. The van der Waals surface area contributed by atoms with Crippen LogP contribution in [0.3, 0.4) is 0 Å². The lowest BCUT2D eigenvalue weighted by Crippen LogP contribution is -2.44. The molecule has 1 atom stereocenters. The number of morpholine rings is 1. The third-order valence-corrected chi connectivity index (χ3v) is 3.99. The molecule has 0 aliphatic carbocycles. The summed E-state index contributed by atoms with van der Waals surface area (Å²) in [5.41, 5.74) is 1.04. The molecule has 2 heterocycles. The minimum Gasteiger partial charge on any atom is -0.394 e. The second kappa shape index (κ2) is 4.60. The first-order chi connectivity index (χ1) is 8.36. The molecule has 1 aromatic heterocycles. The Morgan fingerprint density at radius 2 is 2.35 bits per heavy atom. The number of aliphatic hydroxyl groups excluding tert-OH is 1. The molecule has 1 N–H and O–H groups in total. The number of anilines is 1. The molecule has 1 aliphatic heterocycles. The number of fused-ring (bicyclic) bond motifs is 1. The summed E-state index contributed by atoms with van der Waals surface area (Å²) in [5, 5.41) is 10.1. The maximum absolute atomic E-state index is 9.13. The van der Waals surface area contributed by atoms with E-state index in [1.807, 2.05) is 18.2 Å². The Balaban J connectivity index is 1.87. The van der Waals surface area contributed by atoms with E-state index in [4.69, 9.17) is 9.84 Å². The molecule has 17 heavy (non-hydrogen) atoms. The highest BCUT2D eigenvalue weighted by molar-refractivity contribution is 7.22. The van der Waals surface area contributed by atoms with Gasteiger partial charge >= 0.3 is 0 Å². The molecule has 1 saturated heterocycles. The molecule has 0 bridgehead atoms. The van der Waals surface area contributed by atoms with Crippen molar-refractivity contribution < 1.29 is 9.84 Å². The van der Waals surface area contributed by atoms with Crippen LogP contribution in [0.15, 0.2) is 24.3 Å². The van der Waals surface area contributed by atoms with Gasteiger partial charge in [0, 0.05) is 13.1 Å². The predicted octanol–water partition coefficient (Wildman–Crippen LogP) is 1.49. The molecule has 1 aromatic carbocycles. The third-order valence-electron chi connectivity index (χ3n) is 2.90. The van der Waals surface area contributed by atoms with Gasteiger partial charge in [0.2, 0.25) is 0 Å². The number of rotatable bonds is 2. The van der Waals surface area contributed by atoms with Gasteiger partial charge in [0.25, 0.3) is 0 Å². The number of hydrogen-bond acceptors (Lipinski definition) is 5. The number of hydrogen-bond donors (Lipinski definition) is 1. The molecule has 0 amide bonds. The van der Waals surface area contributed by atoms with Crippen LogP contribution in [0.5, 0.6) is 0 Å². The summed E-state index contributed by atoms with van der Waals surface area (Å²) in [4.78, 5) is 6.80. The molecular weight excluding hydrogens is 236 g/mol. The molecule has 5 heteroatoms. The van der Waals surface area contributed by atoms with Crippen LogP contribution in [-0.4, -0.2) is 42.5 Å². The van der Waals surface area contributed by atoms with E-state index in [0.717, 1.165) is 23.7 Å². The zero-order valence-electron chi connectivity index (χ0n) is 9.37. The maximum Gasteiger partial charge on any atom is 0.186 e. The standard InChI is InChI=1S/C12H14N2O2S/c15-8-9-7-14(5-6-16-9)12-13-10-3-1-2-4-11(10)17-12/h1-4,9,15H,5-8H2. The molecule has 0 radical (unpaired) electrons. The summed E-state index contributed by atoms with van der Waals surface area (Å²) < 4.78 is 6.64. The van der Waals surface area contributed by atoms with E-state index in [-0.39, 0.29) is 12.7 Å². The number of aromatic nitrogens is 1. The molecule has 4 nitrogen and oxygen atoms in total. The minimum atomic E-state index is -0.0873. The van der Waals surface area contributed by atoms with Crippen molar-refractivity contribution in [3.63, 3.8) is 0 Å². The van der Waals surface area contributed by atoms with E-state index >= 15 is 0 Å². The molecular formula is C12H14N2O2S. The van der Waals surface area contributed by atoms with Gasteiger partial charge < -0.3 is 14.7 Å². The zero-order valence-corrected chi connectivity index (χ0v) is 10.2. The van der Waals surface area contributed by atoms with Crippen molar-refractivity contribution in [1.82, 2.24) is 4.98 Å². The van der Waals surface area contributed by atoms with Crippen LogP contribution in [0.25, 0.3) is 10.2 Å². The summed E-state index contributed by atoms with van der Waals surface area (Å²) in [5.74, 6) is 0. The normalized spacial score (nSPS) is 21.0. The maximum atomic E-state index is 9.13. The Morgan fingerprint density at radius 3 is 3.18 bits per heavy atom. The van der Waals surface area contributed by atoms with Crippen molar-refractivity contribution in [2.24, 2.45) is 0 Å². The second-order valence-electron chi connectivity index (χ2n) is 4.09. The molecule has 0 spiro atoms. The smallest absolute Gasteiger partial charge is 0.186 e. The van der Waals surface area contributed by atoms with E-state index in [0.29, 0.717) is 6.61 Å². The molecule has 2 aromatic rings. The molecule has 1 fully saturated rings. The van der Waals surface area contributed by atoms with Crippen molar-refractivity contribution in [3.8, 4) is 0 Å². The molecule has 90 valence electrons. The zero-order chi connectivity index (χ0) is 11.7. The Labute approximate surface area is 103 Å². The molecule has 1 aliphatic rings. The number of para-hydroxylation sites is 1. The first kappa shape index (κ1) is 11.0. The van der Waals surface area contributed by atoms with Gasteiger partial charge in [-0.15, -0.1) is 0 Å². The van der Waals surface area contributed by atoms with E-state index in [2.05, 4.69) is 16.0 Å². The number of aliphatic hydroxyl groups is 1. The molecule has 0 saturated carbocycles. The van der Waals surface area contributed by atoms with Crippen LogP contribution >= 0.6 is 11.3 Å². The summed E-state index contributed by atoms with van der Waals surface area (Å²) >= 11 is 1.69. The lowest BCUT2D eigenvalue weighted by Gasteiger charge is -2.31. The lowest BCUT2D eigenvalue weighted by atomic mass is 10.3. The Hall–Kier alpha value is -1.17. The first-order valence-corrected chi connectivity index (χ1v) is 6.51. The van der Waals surface area contributed by atoms with Gasteiger partial charge in [0.15, 0.2) is 5.13 Å². The summed E-state index contributed by atoms with van der Waals surface area (Å²) in [6, 6.07) is 8.14. The molecule has 3 rings (SSSR count). The van der Waals surface area contributed by atoms with Gasteiger partial charge in [-0.05, 0) is 12.1 Å². The van der Waals surface area contributed by atoms with Crippen molar-refractivity contribution in [2.45, 2.75) is 6.10 Å². The fraction of sp³-hybridized carbons (Fsp3) is 0.417. The fourth-order valence-corrected chi connectivity index (χ4v) is 3.00. The first-order valence-electron chi connectivity index (χ1n) is 5.70. The van der Waals surface area contributed by atoms with Crippen LogP contribution < -0.4 is 4.90 Å². The number of ether oxygens (including phenoxy) is 1. The van der Waals surface area contributed by atoms with E-state index in [1.54, 1.807) is 11.3 Å². The Morgan fingerprint density at radius 1 is 1.47 bits per heavy atom. The van der Waals surface area contributed by atoms with Gasteiger partial charge in [-0.1, -0.05) is 23.5 Å². The van der Waals surface area contributed by atoms with Crippen molar-refractivity contribution in [3.05, 3.63) is 24.3 Å². The number of nitrogens with zero attached hydrogens (tertiary/aromatic N) is 2. The van der Waals surface area contributed by atoms with Crippen LogP contribution in [-0.2, 0) is 4.74 Å². The third kappa shape index (κ3) is 2.13. The topological polar surface area (TPSA) is 45.6 Å². The summed E-state index contributed by atoms with van der Waals surface area (Å²) in [6.07, 6.45) is -0.0873. The summed E-state index contributed by atoms with van der Waals surface area (Å²) in [7, 11) is 0. The Kier molecular flexibility index (Phi) is 2.96. The SMILES string of the molecule is OCC1CN(c2nc3ccccc3s2)CCO1. The number of thiazole rings is 1. The van der Waals surface area contributed by atoms with Gasteiger partial charge in [0.1, 0.15) is 0 Å².